The van der Waals surface area contributed by atoms with E-state index in [4.69, 9.17) is 4.42 Å². The molecule has 0 spiro atoms. The van der Waals surface area contributed by atoms with Gasteiger partial charge in [0.15, 0.2) is 0 Å². The van der Waals surface area contributed by atoms with Crippen LogP contribution in [-0.2, 0) is 32.6 Å². The van der Waals surface area contributed by atoms with E-state index >= 15 is 0 Å². The minimum absolute atomic E-state index is 0.103. The summed E-state index contributed by atoms with van der Waals surface area (Å²) in [5, 5.41) is 7.44. The maximum Gasteiger partial charge on any atom is 0.317 e. The average molecular weight is 345 g/mol. The Hall–Kier alpha value is -2.28. The van der Waals surface area contributed by atoms with Crippen LogP contribution in [0.4, 0.5) is 4.79 Å². The largest absolute Gasteiger partial charge is 0.465 e. The SMILES string of the molecule is CCCc1ccc(CN2CCn3nc(CNC(=O)N(C)C)cc3C2)o1. The summed E-state index contributed by atoms with van der Waals surface area (Å²) in [6, 6.07) is 6.14. The maximum absolute atomic E-state index is 11.6. The fourth-order valence-corrected chi connectivity index (χ4v) is 3.03. The molecule has 0 aliphatic carbocycles. The Morgan fingerprint density at radius 1 is 1.32 bits per heavy atom. The van der Waals surface area contributed by atoms with Gasteiger partial charge >= 0.3 is 6.03 Å². The molecule has 0 unspecified atom stereocenters. The van der Waals surface area contributed by atoms with E-state index in [0.29, 0.717) is 6.54 Å². The molecule has 7 nitrogen and oxygen atoms in total. The van der Waals surface area contributed by atoms with Gasteiger partial charge < -0.3 is 14.6 Å². The predicted octanol–water partition coefficient (Wildman–Crippen LogP) is 2.22. The Bertz CT molecular complexity index is 719. The molecule has 0 saturated heterocycles. The van der Waals surface area contributed by atoms with Gasteiger partial charge in [0.1, 0.15) is 11.5 Å². The van der Waals surface area contributed by atoms with Crippen molar-refractivity contribution < 1.29 is 9.21 Å². The van der Waals surface area contributed by atoms with E-state index in [1.807, 2.05) is 4.68 Å². The van der Waals surface area contributed by atoms with Crippen LogP contribution in [0.5, 0.6) is 0 Å². The monoisotopic (exact) mass is 345 g/mol. The summed E-state index contributed by atoms with van der Waals surface area (Å²) in [7, 11) is 3.46. The fraction of sp³-hybridized carbons (Fsp3) is 0.556. The number of hydrogen-bond donors (Lipinski definition) is 1. The molecule has 0 atom stereocenters. The van der Waals surface area contributed by atoms with Gasteiger partial charge in [0, 0.05) is 33.6 Å². The summed E-state index contributed by atoms with van der Waals surface area (Å²) in [6.45, 7) is 6.09. The lowest BCUT2D eigenvalue weighted by atomic mass is 10.2. The molecule has 0 radical (unpaired) electrons. The van der Waals surface area contributed by atoms with Crippen LogP contribution >= 0.6 is 0 Å². The first-order valence-corrected chi connectivity index (χ1v) is 8.86. The van der Waals surface area contributed by atoms with Crippen LogP contribution in [0.15, 0.2) is 22.6 Å². The number of hydrogen-bond acceptors (Lipinski definition) is 4. The first kappa shape index (κ1) is 17.5. The zero-order valence-electron chi connectivity index (χ0n) is 15.3. The molecule has 0 aromatic carbocycles. The van der Waals surface area contributed by atoms with Gasteiger partial charge in [-0.15, -0.1) is 0 Å². The molecule has 1 N–H and O–H groups in total. The quantitative estimate of drug-likeness (QED) is 0.872. The first-order valence-electron chi connectivity index (χ1n) is 8.86. The van der Waals surface area contributed by atoms with Crippen molar-refractivity contribution in [1.29, 1.82) is 0 Å². The zero-order valence-corrected chi connectivity index (χ0v) is 15.3. The van der Waals surface area contributed by atoms with Crippen molar-refractivity contribution in [2.45, 2.75) is 45.9 Å². The highest BCUT2D eigenvalue weighted by atomic mass is 16.3. The maximum atomic E-state index is 11.6. The second-order valence-corrected chi connectivity index (χ2v) is 6.73. The Kier molecular flexibility index (Phi) is 5.43. The molecule has 3 rings (SSSR count). The lowest BCUT2D eigenvalue weighted by Crippen LogP contribution is -2.34. The number of aryl methyl sites for hydroxylation is 1. The number of carbonyl (C=O) groups excluding carboxylic acids is 1. The highest BCUT2D eigenvalue weighted by Crippen LogP contribution is 2.18. The number of amides is 2. The average Bonchev–Trinajstić information content (AvgIpc) is 3.19. The Morgan fingerprint density at radius 2 is 2.12 bits per heavy atom. The summed E-state index contributed by atoms with van der Waals surface area (Å²) >= 11 is 0. The Morgan fingerprint density at radius 3 is 2.88 bits per heavy atom. The van der Waals surface area contributed by atoms with Crippen molar-refractivity contribution in [2.75, 3.05) is 20.6 Å². The fourth-order valence-electron chi connectivity index (χ4n) is 3.03. The molecule has 7 heteroatoms. The van der Waals surface area contributed by atoms with E-state index in [1.54, 1.807) is 14.1 Å². The number of aromatic nitrogens is 2. The molecule has 0 saturated carbocycles. The van der Waals surface area contributed by atoms with Crippen molar-refractivity contribution in [2.24, 2.45) is 0 Å². The molecule has 136 valence electrons. The lowest BCUT2D eigenvalue weighted by Gasteiger charge is -2.26. The number of nitrogens with one attached hydrogen (secondary N) is 1. The van der Waals surface area contributed by atoms with Crippen molar-refractivity contribution in [1.82, 2.24) is 24.9 Å². The van der Waals surface area contributed by atoms with Crippen LogP contribution in [0.2, 0.25) is 0 Å². The summed E-state index contributed by atoms with van der Waals surface area (Å²) in [5.41, 5.74) is 2.08. The minimum Gasteiger partial charge on any atom is -0.465 e. The molecular weight excluding hydrogens is 318 g/mol. The summed E-state index contributed by atoms with van der Waals surface area (Å²) in [4.78, 5) is 15.5. The predicted molar refractivity (Wildman–Crippen MR) is 95.0 cm³/mol. The van der Waals surface area contributed by atoms with Crippen molar-refractivity contribution in [3.63, 3.8) is 0 Å². The van der Waals surface area contributed by atoms with Crippen LogP contribution in [0, 0.1) is 0 Å². The van der Waals surface area contributed by atoms with Gasteiger partial charge in [0.05, 0.1) is 31.0 Å². The van der Waals surface area contributed by atoms with Gasteiger partial charge in [-0.1, -0.05) is 6.92 Å². The van der Waals surface area contributed by atoms with Crippen LogP contribution in [0.25, 0.3) is 0 Å². The van der Waals surface area contributed by atoms with E-state index in [0.717, 1.165) is 56.2 Å². The van der Waals surface area contributed by atoms with Gasteiger partial charge in [-0.05, 0) is 24.6 Å². The smallest absolute Gasteiger partial charge is 0.317 e. The van der Waals surface area contributed by atoms with Gasteiger partial charge in [-0.2, -0.15) is 5.10 Å². The molecule has 0 bridgehead atoms. The molecule has 2 aromatic rings. The first-order chi connectivity index (χ1) is 12.0. The Balaban J connectivity index is 1.56. The van der Waals surface area contributed by atoms with Crippen molar-refractivity contribution in [3.05, 3.63) is 41.1 Å². The van der Waals surface area contributed by atoms with E-state index in [9.17, 15) is 4.79 Å². The van der Waals surface area contributed by atoms with Gasteiger partial charge in [0.2, 0.25) is 0 Å². The number of urea groups is 1. The van der Waals surface area contributed by atoms with Crippen molar-refractivity contribution in [3.8, 4) is 0 Å². The van der Waals surface area contributed by atoms with Gasteiger partial charge in [0.25, 0.3) is 0 Å². The standard InChI is InChI=1S/C18H27N5O2/c1-4-5-16-6-7-17(25-16)13-22-8-9-23-15(12-22)10-14(20-23)11-19-18(24)21(2)3/h6-7,10H,4-5,8-9,11-13H2,1-3H3,(H,19,24). The third-order valence-electron chi connectivity index (χ3n) is 4.35. The molecule has 0 fully saturated rings. The van der Waals surface area contributed by atoms with Crippen molar-refractivity contribution >= 4 is 6.03 Å². The van der Waals surface area contributed by atoms with E-state index < -0.39 is 0 Å². The number of fused-ring (bicyclic) bond motifs is 1. The molecule has 25 heavy (non-hydrogen) atoms. The highest BCUT2D eigenvalue weighted by Gasteiger charge is 2.19. The summed E-state index contributed by atoms with van der Waals surface area (Å²) < 4.78 is 7.93. The molecule has 1 aliphatic heterocycles. The van der Waals surface area contributed by atoms with E-state index in [1.165, 1.54) is 10.6 Å². The number of furan rings is 1. The topological polar surface area (TPSA) is 66.5 Å². The number of rotatable bonds is 6. The second-order valence-electron chi connectivity index (χ2n) is 6.73. The lowest BCUT2D eigenvalue weighted by molar-refractivity contribution is 0.189. The molecule has 1 aliphatic rings. The van der Waals surface area contributed by atoms with Crippen LogP contribution < -0.4 is 5.32 Å². The molecule has 2 amide bonds. The molecule has 3 heterocycles. The normalized spacial score (nSPS) is 14.4. The van der Waals surface area contributed by atoms with Gasteiger partial charge in [-0.3, -0.25) is 9.58 Å². The summed E-state index contributed by atoms with van der Waals surface area (Å²) in [5.74, 6) is 2.09. The van der Waals surface area contributed by atoms with Crippen LogP contribution in [0.3, 0.4) is 0 Å². The second kappa shape index (κ2) is 7.74. The molecular formula is C18H27N5O2. The number of carbonyl (C=O) groups is 1. The molecule has 2 aromatic heterocycles. The highest BCUT2D eigenvalue weighted by molar-refractivity contribution is 5.73. The third-order valence-corrected chi connectivity index (χ3v) is 4.35. The minimum atomic E-state index is -0.103. The third kappa shape index (κ3) is 4.42. The van der Waals surface area contributed by atoms with E-state index in [2.05, 4.69) is 40.4 Å². The van der Waals surface area contributed by atoms with Gasteiger partial charge in [-0.25, -0.2) is 4.79 Å². The zero-order chi connectivity index (χ0) is 17.8. The number of nitrogens with zero attached hydrogens (tertiary/aromatic N) is 4. The van der Waals surface area contributed by atoms with Crippen LogP contribution in [0.1, 0.15) is 36.3 Å². The van der Waals surface area contributed by atoms with Crippen LogP contribution in [-0.4, -0.2) is 46.3 Å². The summed E-state index contributed by atoms with van der Waals surface area (Å²) in [6.07, 6.45) is 2.10. The van der Waals surface area contributed by atoms with E-state index in [-0.39, 0.29) is 6.03 Å². The Labute approximate surface area is 148 Å².